The number of rotatable bonds is 3. The number of fused-ring (bicyclic) bond motifs is 1. The van der Waals surface area contributed by atoms with Gasteiger partial charge in [-0.15, -0.1) is 0 Å². The number of nitrogens with one attached hydrogen (secondary N) is 1. The van der Waals surface area contributed by atoms with Crippen molar-refractivity contribution in [3.8, 4) is 11.1 Å². The van der Waals surface area contributed by atoms with E-state index in [1.54, 1.807) is 43.4 Å². The Morgan fingerprint density at radius 2 is 1.61 bits per heavy atom. The molecule has 1 amide bonds. The molecule has 4 rings (SSSR count). The molecule has 3 aromatic carbocycles. The van der Waals surface area contributed by atoms with E-state index in [9.17, 15) is 18.4 Å². The van der Waals surface area contributed by atoms with Gasteiger partial charge in [-0.25, -0.2) is 13.6 Å². The highest BCUT2D eigenvalue weighted by Crippen LogP contribution is 2.25. The second kappa shape index (κ2) is 6.77. The number of benzene rings is 3. The molecule has 0 unspecified atom stereocenters. The average Bonchev–Trinajstić information content (AvgIpc) is 2.95. The van der Waals surface area contributed by atoms with Gasteiger partial charge >= 0.3 is 5.76 Å². The minimum atomic E-state index is -0.924. The third-order valence-electron chi connectivity index (χ3n) is 4.46. The van der Waals surface area contributed by atoms with E-state index in [0.717, 1.165) is 23.3 Å². The first-order valence-corrected chi connectivity index (χ1v) is 8.39. The lowest BCUT2D eigenvalue weighted by molar-refractivity contribution is 0.101. The Hall–Kier alpha value is -3.74. The molecule has 0 bridgehead atoms. The molecule has 0 atom stereocenters. The summed E-state index contributed by atoms with van der Waals surface area (Å²) in [7, 11) is 1.63. The number of oxazole rings is 1. The van der Waals surface area contributed by atoms with Gasteiger partial charge in [-0.3, -0.25) is 9.36 Å². The summed E-state index contributed by atoms with van der Waals surface area (Å²) >= 11 is 0. The Morgan fingerprint density at radius 3 is 2.29 bits per heavy atom. The monoisotopic (exact) mass is 380 g/mol. The molecule has 0 aliphatic carbocycles. The highest BCUT2D eigenvalue weighted by atomic mass is 19.1. The number of halogens is 2. The molecule has 0 saturated heterocycles. The fraction of sp³-hybridized carbons (Fsp3) is 0.0476. The Labute approximate surface area is 157 Å². The maximum Gasteiger partial charge on any atom is 0.419 e. The molecule has 1 aromatic heterocycles. The summed E-state index contributed by atoms with van der Waals surface area (Å²) in [6, 6.07) is 15.4. The van der Waals surface area contributed by atoms with Crippen LogP contribution in [-0.2, 0) is 7.05 Å². The molecule has 0 radical (unpaired) electrons. The molecule has 0 saturated carbocycles. The summed E-state index contributed by atoms with van der Waals surface area (Å²) in [6.45, 7) is 0. The second-order valence-electron chi connectivity index (χ2n) is 6.24. The fourth-order valence-corrected chi connectivity index (χ4v) is 2.97. The van der Waals surface area contributed by atoms with Crippen molar-refractivity contribution in [1.82, 2.24) is 4.57 Å². The van der Waals surface area contributed by atoms with Gasteiger partial charge in [-0.05, 0) is 47.5 Å². The summed E-state index contributed by atoms with van der Waals surface area (Å²) < 4.78 is 34.0. The SMILES string of the molecule is Cn1c(=O)oc2cc(-c3ccc(NC(=O)c4c(F)cccc4F)cc3)ccc21. The van der Waals surface area contributed by atoms with Crippen LogP contribution in [0.2, 0.25) is 0 Å². The zero-order chi connectivity index (χ0) is 19.8. The second-order valence-corrected chi connectivity index (χ2v) is 6.24. The van der Waals surface area contributed by atoms with Gasteiger partial charge in [0.25, 0.3) is 5.91 Å². The van der Waals surface area contributed by atoms with Crippen LogP contribution in [0.15, 0.2) is 69.9 Å². The smallest absolute Gasteiger partial charge is 0.408 e. The lowest BCUT2D eigenvalue weighted by Crippen LogP contribution is -2.15. The van der Waals surface area contributed by atoms with Crippen molar-refractivity contribution in [2.24, 2.45) is 7.05 Å². The van der Waals surface area contributed by atoms with Crippen LogP contribution < -0.4 is 11.1 Å². The maximum atomic E-state index is 13.7. The van der Waals surface area contributed by atoms with Gasteiger partial charge in [0.2, 0.25) is 0 Å². The number of amides is 1. The van der Waals surface area contributed by atoms with Crippen LogP contribution in [0.4, 0.5) is 14.5 Å². The van der Waals surface area contributed by atoms with E-state index in [1.807, 2.05) is 6.07 Å². The molecular formula is C21H14F2N2O3. The minimum absolute atomic E-state index is 0.392. The van der Waals surface area contributed by atoms with Gasteiger partial charge in [0.1, 0.15) is 17.2 Å². The molecule has 140 valence electrons. The minimum Gasteiger partial charge on any atom is -0.408 e. The molecule has 0 fully saturated rings. The summed E-state index contributed by atoms with van der Waals surface area (Å²) in [5.74, 6) is -3.15. The molecule has 5 nitrogen and oxygen atoms in total. The van der Waals surface area contributed by atoms with Crippen LogP contribution in [0.25, 0.3) is 22.2 Å². The molecule has 28 heavy (non-hydrogen) atoms. The predicted molar refractivity (Wildman–Crippen MR) is 101 cm³/mol. The fourth-order valence-electron chi connectivity index (χ4n) is 2.97. The number of aryl methyl sites for hydroxylation is 1. The summed E-state index contributed by atoms with van der Waals surface area (Å²) in [6.07, 6.45) is 0. The van der Waals surface area contributed by atoms with Crippen molar-refractivity contribution in [3.05, 3.63) is 88.4 Å². The Kier molecular flexibility index (Phi) is 4.27. The van der Waals surface area contributed by atoms with Crippen molar-refractivity contribution >= 4 is 22.7 Å². The number of nitrogens with zero attached hydrogens (tertiary/aromatic N) is 1. The highest BCUT2D eigenvalue weighted by molar-refractivity contribution is 6.04. The Bertz CT molecular complexity index is 1240. The number of carbonyl (C=O) groups excluding carboxylic acids is 1. The molecule has 1 heterocycles. The molecule has 0 aliphatic rings. The van der Waals surface area contributed by atoms with Crippen LogP contribution in [0.5, 0.6) is 0 Å². The van der Waals surface area contributed by atoms with Gasteiger partial charge in [0, 0.05) is 12.7 Å². The van der Waals surface area contributed by atoms with Gasteiger partial charge < -0.3 is 9.73 Å². The van der Waals surface area contributed by atoms with E-state index in [2.05, 4.69) is 5.32 Å². The lowest BCUT2D eigenvalue weighted by Gasteiger charge is -2.08. The highest BCUT2D eigenvalue weighted by Gasteiger charge is 2.17. The van der Waals surface area contributed by atoms with Crippen LogP contribution >= 0.6 is 0 Å². The van der Waals surface area contributed by atoms with Crippen molar-refractivity contribution in [3.63, 3.8) is 0 Å². The van der Waals surface area contributed by atoms with Crippen LogP contribution in [0.3, 0.4) is 0 Å². The third kappa shape index (κ3) is 3.07. The topological polar surface area (TPSA) is 64.2 Å². The molecule has 0 aliphatic heterocycles. The Morgan fingerprint density at radius 1 is 0.964 bits per heavy atom. The van der Waals surface area contributed by atoms with Crippen LogP contribution in [-0.4, -0.2) is 10.5 Å². The van der Waals surface area contributed by atoms with Crippen LogP contribution in [0.1, 0.15) is 10.4 Å². The third-order valence-corrected chi connectivity index (χ3v) is 4.46. The van der Waals surface area contributed by atoms with Gasteiger partial charge in [-0.1, -0.05) is 24.3 Å². The summed E-state index contributed by atoms with van der Waals surface area (Å²) in [5.41, 5.74) is 2.56. The molecule has 1 N–H and O–H groups in total. The van der Waals surface area contributed by atoms with E-state index < -0.39 is 28.9 Å². The number of aromatic nitrogens is 1. The van der Waals surface area contributed by atoms with E-state index in [1.165, 1.54) is 10.6 Å². The van der Waals surface area contributed by atoms with Gasteiger partial charge in [-0.2, -0.15) is 0 Å². The lowest BCUT2D eigenvalue weighted by atomic mass is 10.0. The quantitative estimate of drug-likeness (QED) is 0.575. The first-order chi connectivity index (χ1) is 13.4. The van der Waals surface area contributed by atoms with Crippen molar-refractivity contribution in [2.75, 3.05) is 5.32 Å². The zero-order valence-corrected chi connectivity index (χ0v) is 14.7. The molecule has 0 spiro atoms. The Balaban J connectivity index is 1.59. The standard InChI is InChI=1S/C21H14F2N2O3/c1-25-17-10-7-13(11-18(17)28-21(25)27)12-5-8-14(9-6-12)24-20(26)19-15(22)3-2-4-16(19)23/h2-11H,1H3,(H,24,26). The normalized spacial score (nSPS) is 11.0. The largest absolute Gasteiger partial charge is 0.419 e. The van der Waals surface area contributed by atoms with E-state index in [0.29, 0.717) is 16.8 Å². The molecular weight excluding hydrogens is 366 g/mol. The number of hydrogen-bond donors (Lipinski definition) is 1. The first kappa shape index (κ1) is 17.7. The van der Waals surface area contributed by atoms with E-state index >= 15 is 0 Å². The van der Waals surface area contributed by atoms with E-state index in [4.69, 9.17) is 4.42 Å². The summed E-state index contributed by atoms with van der Waals surface area (Å²) in [4.78, 5) is 23.8. The predicted octanol–water partition coefficient (Wildman–Crippen LogP) is 4.33. The number of anilines is 1. The van der Waals surface area contributed by atoms with Gasteiger partial charge in [0.15, 0.2) is 5.58 Å². The molecule has 4 aromatic rings. The summed E-state index contributed by atoms with van der Waals surface area (Å²) in [5, 5.41) is 2.48. The van der Waals surface area contributed by atoms with Gasteiger partial charge in [0.05, 0.1) is 5.52 Å². The number of carbonyl (C=O) groups is 1. The zero-order valence-electron chi connectivity index (χ0n) is 14.7. The maximum absolute atomic E-state index is 13.7. The van der Waals surface area contributed by atoms with Crippen LogP contribution in [0, 0.1) is 11.6 Å². The van der Waals surface area contributed by atoms with Crippen molar-refractivity contribution in [2.45, 2.75) is 0 Å². The number of hydrogen-bond acceptors (Lipinski definition) is 3. The molecule has 7 heteroatoms. The van der Waals surface area contributed by atoms with Crippen molar-refractivity contribution < 1.29 is 18.0 Å². The van der Waals surface area contributed by atoms with Crippen molar-refractivity contribution in [1.29, 1.82) is 0 Å². The van der Waals surface area contributed by atoms with E-state index in [-0.39, 0.29) is 0 Å². The first-order valence-electron chi connectivity index (χ1n) is 8.39. The average molecular weight is 380 g/mol.